The van der Waals surface area contributed by atoms with Crippen molar-refractivity contribution in [1.82, 2.24) is 9.88 Å². The summed E-state index contributed by atoms with van der Waals surface area (Å²) in [7, 11) is 0. The van der Waals surface area contributed by atoms with E-state index in [0.717, 1.165) is 19.3 Å². The van der Waals surface area contributed by atoms with E-state index < -0.39 is 5.91 Å². The first-order valence-electron chi connectivity index (χ1n) is 7.93. The average molecular weight is 319 g/mol. The lowest BCUT2D eigenvalue weighted by Gasteiger charge is -2.26. The van der Waals surface area contributed by atoms with Gasteiger partial charge in [-0.25, -0.2) is 4.98 Å². The molecule has 0 radical (unpaired) electrons. The molecule has 3 rings (SSSR count). The van der Waals surface area contributed by atoms with Crippen LogP contribution in [0, 0.1) is 5.92 Å². The van der Waals surface area contributed by atoms with E-state index in [4.69, 9.17) is 15.2 Å². The van der Waals surface area contributed by atoms with Gasteiger partial charge in [-0.3, -0.25) is 9.59 Å². The lowest BCUT2D eigenvalue weighted by atomic mass is 9.99. The third-order valence-corrected chi connectivity index (χ3v) is 4.34. The Balaban J connectivity index is 1.60. The van der Waals surface area contributed by atoms with Gasteiger partial charge in [0.05, 0.1) is 6.54 Å². The summed E-state index contributed by atoms with van der Waals surface area (Å²) in [5.74, 6) is -0.0966. The molecular weight excluding hydrogens is 298 g/mol. The van der Waals surface area contributed by atoms with E-state index in [0.29, 0.717) is 26.3 Å². The first kappa shape index (κ1) is 15.7. The molecule has 2 saturated heterocycles. The van der Waals surface area contributed by atoms with Crippen LogP contribution < -0.4 is 10.5 Å². The second kappa shape index (κ2) is 6.95. The van der Waals surface area contributed by atoms with Crippen molar-refractivity contribution >= 4 is 11.8 Å². The van der Waals surface area contributed by atoms with Crippen LogP contribution in [-0.2, 0) is 9.53 Å². The van der Waals surface area contributed by atoms with Crippen molar-refractivity contribution < 1.29 is 19.1 Å². The predicted octanol–water partition coefficient (Wildman–Crippen LogP) is 0.587. The van der Waals surface area contributed by atoms with E-state index in [1.807, 2.05) is 4.90 Å². The van der Waals surface area contributed by atoms with E-state index in [9.17, 15) is 9.59 Å². The zero-order valence-electron chi connectivity index (χ0n) is 12.9. The molecule has 0 spiro atoms. The Labute approximate surface area is 134 Å². The molecule has 0 aromatic carbocycles. The number of nitrogens with zero attached hydrogens (tertiary/aromatic N) is 2. The van der Waals surface area contributed by atoms with Crippen molar-refractivity contribution in [2.24, 2.45) is 11.7 Å². The van der Waals surface area contributed by atoms with Crippen molar-refractivity contribution in [3.8, 4) is 5.88 Å². The Morgan fingerprint density at radius 2 is 2.09 bits per heavy atom. The zero-order chi connectivity index (χ0) is 16.2. The molecule has 2 fully saturated rings. The quantitative estimate of drug-likeness (QED) is 0.876. The fourth-order valence-corrected chi connectivity index (χ4v) is 3.06. The number of likely N-dealkylation sites (tertiary alicyclic amines) is 1. The molecule has 1 atom stereocenters. The molecule has 0 aliphatic carbocycles. The number of amides is 2. The molecule has 2 aliphatic heterocycles. The molecule has 0 bridgehead atoms. The lowest BCUT2D eigenvalue weighted by Crippen LogP contribution is -2.38. The van der Waals surface area contributed by atoms with Crippen molar-refractivity contribution in [2.75, 3.05) is 26.3 Å². The summed E-state index contributed by atoms with van der Waals surface area (Å²) in [5.41, 5.74) is 5.59. The minimum absolute atomic E-state index is 0.0542. The minimum atomic E-state index is -0.568. The maximum absolute atomic E-state index is 12.5. The fourth-order valence-electron chi connectivity index (χ4n) is 3.06. The van der Waals surface area contributed by atoms with E-state index in [1.165, 1.54) is 0 Å². The molecule has 0 saturated carbocycles. The predicted molar refractivity (Wildman–Crippen MR) is 81.9 cm³/mol. The number of primary amides is 1. The number of rotatable bonds is 4. The van der Waals surface area contributed by atoms with Crippen LogP contribution in [0.2, 0.25) is 0 Å². The molecule has 2 amide bonds. The Morgan fingerprint density at radius 1 is 1.30 bits per heavy atom. The van der Waals surface area contributed by atoms with Gasteiger partial charge in [0.1, 0.15) is 11.7 Å². The number of nitrogens with two attached hydrogens (primary N) is 1. The van der Waals surface area contributed by atoms with Crippen LogP contribution in [0.3, 0.4) is 0 Å². The zero-order valence-corrected chi connectivity index (χ0v) is 12.9. The summed E-state index contributed by atoms with van der Waals surface area (Å²) >= 11 is 0. The lowest BCUT2D eigenvalue weighted by molar-refractivity contribution is -0.137. The number of ether oxygens (including phenoxy) is 2. The molecule has 124 valence electrons. The number of hydrogen-bond donors (Lipinski definition) is 1. The number of carbonyl (C=O) groups excluding carboxylic acids is 2. The van der Waals surface area contributed by atoms with Crippen LogP contribution in [0.4, 0.5) is 0 Å². The SMILES string of the molecule is NC(=O)c1cccnc1O[C@@H]1CCN(C(=O)C2CCOCC2)C1. The highest BCUT2D eigenvalue weighted by atomic mass is 16.5. The second-order valence-corrected chi connectivity index (χ2v) is 5.92. The number of hydrogen-bond acceptors (Lipinski definition) is 5. The van der Waals surface area contributed by atoms with Crippen LogP contribution in [-0.4, -0.2) is 54.1 Å². The summed E-state index contributed by atoms with van der Waals surface area (Å²) in [5, 5.41) is 0. The highest BCUT2D eigenvalue weighted by molar-refractivity contribution is 5.94. The molecule has 2 aliphatic rings. The van der Waals surface area contributed by atoms with E-state index in [2.05, 4.69) is 4.98 Å². The van der Waals surface area contributed by atoms with Gasteiger partial charge in [0, 0.05) is 38.3 Å². The van der Waals surface area contributed by atoms with E-state index >= 15 is 0 Å². The van der Waals surface area contributed by atoms with Crippen molar-refractivity contribution in [1.29, 1.82) is 0 Å². The van der Waals surface area contributed by atoms with Gasteiger partial charge in [-0.15, -0.1) is 0 Å². The first-order chi connectivity index (χ1) is 11.1. The summed E-state index contributed by atoms with van der Waals surface area (Å²) in [6, 6.07) is 3.23. The van der Waals surface area contributed by atoms with Crippen LogP contribution in [0.5, 0.6) is 5.88 Å². The number of pyridine rings is 1. The molecule has 1 aromatic heterocycles. The van der Waals surface area contributed by atoms with Crippen LogP contribution >= 0.6 is 0 Å². The molecular formula is C16H21N3O4. The average Bonchev–Trinajstić information content (AvgIpc) is 3.04. The standard InChI is InChI=1S/C16H21N3O4/c17-14(20)13-2-1-6-18-15(13)23-12-3-7-19(10-12)16(21)11-4-8-22-9-5-11/h1-2,6,11-12H,3-5,7-10H2,(H2,17,20)/t12-/m1/s1. The first-order valence-corrected chi connectivity index (χ1v) is 7.93. The molecule has 1 aromatic rings. The monoisotopic (exact) mass is 319 g/mol. The van der Waals surface area contributed by atoms with Gasteiger partial charge in [0.2, 0.25) is 11.8 Å². The Kier molecular flexibility index (Phi) is 4.76. The van der Waals surface area contributed by atoms with Gasteiger partial charge in [-0.2, -0.15) is 0 Å². The van der Waals surface area contributed by atoms with E-state index in [1.54, 1.807) is 18.3 Å². The van der Waals surface area contributed by atoms with Gasteiger partial charge in [-0.1, -0.05) is 0 Å². The molecule has 0 unspecified atom stereocenters. The highest BCUT2D eigenvalue weighted by Crippen LogP contribution is 2.23. The Bertz CT molecular complexity index is 586. The van der Waals surface area contributed by atoms with Crippen LogP contribution in [0.25, 0.3) is 0 Å². The van der Waals surface area contributed by atoms with Crippen LogP contribution in [0.1, 0.15) is 29.6 Å². The normalized spacial score (nSPS) is 22.1. The molecule has 7 heteroatoms. The van der Waals surface area contributed by atoms with Gasteiger partial charge in [-0.05, 0) is 25.0 Å². The van der Waals surface area contributed by atoms with E-state index in [-0.39, 0.29) is 29.4 Å². The number of aromatic nitrogens is 1. The van der Waals surface area contributed by atoms with Crippen LogP contribution in [0.15, 0.2) is 18.3 Å². The molecule has 23 heavy (non-hydrogen) atoms. The molecule has 7 nitrogen and oxygen atoms in total. The fraction of sp³-hybridized carbons (Fsp3) is 0.562. The maximum atomic E-state index is 12.5. The summed E-state index contributed by atoms with van der Waals surface area (Å²) in [6.07, 6.45) is 3.69. The van der Waals surface area contributed by atoms with Gasteiger partial charge in [0.15, 0.2) is 0 Å². The Morgan fingerprint density at radius 3 is 2.83 bits per heavy atom. The third kappa shape index (κ3) is 3.61. The number of carbonyl (C=O) groups is 2. The van der Waals surface area contributed by atoms with Gasteiger partial charge in [0.25, 0.3) is 5.91 Å². The topological polar surface area (TPSA) is 94.8 Å². The molecule has 2 N–H and O–H groups in total. The highest BCUT2D eigenvalue weighted by Gasteiger charge is 2.33. The van der Waals surface area contributed by atoms with Gasteiger partial charge >= 0.3 is 0 Å². The molecule has 3 heterocycles. The third-order valence-electron chi connectivity index (χ3n) is 4.34. The largest absolute Gasteiger partial charge is 0.472 e. The minimum Gasteiger partial charge on any atom is -0.472 e. The summed E-state index contributed by atoms with van der Waals surface area (Å²) in [6.45, 7) is 2.49. The summed E-state index contributed by atoms with van der Waals surface area (Å²) < 4.78 is 11.1. The smallest absolute Gasteiger partial charge is 0.254 e. The van der Waals surface area contributed by atoms with Gasteiger partial charge < -0.3 is 20.1 Å². The van der Waals surface area contributed by atoms with Crippen molar-refractivity contribution in [3.63, 3.8) is 0 Å². The maximum Gasteiger partial charge on any atom is 0.254 e. The Hall–Kier alpha value is -2.15. The van der Waals surface area contributed by atoms with Crippen molar-refractivity contribution in [2.45, 2.75) is 25.4 Å². The van der Waals surface area contributed by atoms with Crippen molar-refractivity contribution in [3.05, 3.63) is 23.9 Å². The summed E-state index contributed by atoms with van der Waals surface area (Å²) in [4.78, 5) is 29.8. The second-order valence-electron chi connectivity index (χ2n) is 5.92.